The van der Waals surface area contributed by atoms with Crippen molar-refractivity contribution in [1.29, 1.82) is 0 Å². The average Bonchev–Trinajstić information content (AvgIpc) is 2.98. The first kappa shape index (κ1) is 19.6. The first-order chi connectivity index (χ1) is 14.4. The number of thiazole rings is 1. The van der Waals surface area contributed by atoms with Crippen molar-refractivity contribution in [2.45, 2.75) is 13.3 Å². The second-order valence-electron chi connectivity index (χ2n) is 6.44. The Bertz CT molecular complexity index is 1430. The lowest BCUT2D eigenvalue weighted by Gasteiger charge is -2.01. The van der Waals surface area contributed by atoms with E-state index < -0.39 is 17.1 Å². The fourth-order valence-corrected chi connectivity index (χ4v) is 3.74. The highest BCUT2D eigenvalue weighted by molar-refractivity contribution is 7.15. The molecule has 4 rings (SSSR count). The number of ether oxygens (including phenoxy) is 1. The third-order valence-electron chi connectivity index (χ3n) is 4.15. The van der Waals surface area contributed by atoms with Gasteiger partial charge in [-0.3, -0.25) is 14.4 Å². The van der Waals surface area contributed by atoms with Crippen LogP contribution in [0.2, 0.25) is 0 Å². The predicted octanol–water partition coefficient (Wildman–Crippen LogP) is 1.71. The Morgan fingerprint density at radius 3 is 2.70 bits per heavy atom. The number of carbonyl (C=O) groups is 1. The minimum absolute atomic E-state index is 0.0948. The van der Waals surface area contributed by atoms with Gasteiger partial charge in [0.05, 0.1) is 4.53 Å². The maximum Gasteiger partial charge on any atom is 0.308 e. The number of esters is 1. The highest BCUT2D eigenvalue weighted by Gasteiger charge is 2.12. The van der Waals surface area contributed by atoms with E-state index in [2.05, 4.69) is 10.1 Å². The number of carbonyl (C=O) groups excluding carboxylic acids is 1. The Labute approximate surface area is 172 Å². The van der Waals surface area contributed by atoms with Gasteiger partial charge in [-0.15, -0.1) is 0 Å². The van der Waals surface area contributed by atoms with E-state index in [1.807, 2.05) is 0 Å². The van der Waals surface area contributed by atoms with Gasteiger partial charge in [-0.1, -0.05) is 35.6 Å². The fraction of sp³-hybridized carbons (Fsp3) is 0.0952. The van der Waals surface area contributed by atoms with Gasteiger partial charge in [0, 0.05) is 13.3 Å². The van der Waals surface area contributed by atoms with E-state index in [1.165, 1.54) is 19.1 Å². The van der Waals surface area contributed by atoms with E-state index in [0.29, 0.717) is 21.4 Å². The van der Waals surface area contributed by atoms with Crippen LogP contribution in [0.4, 0.5) is 4.39 Å². The lowest BCUT2D eigenvalue weighted by molar-refractivity contribution is -0.131. The van der Waals surface area contributed by atoms with E-state index >= 15 is 0 Å². The SMILES string of the molecule is CC(=O)Oc1cccc(C=c2sc3nc(=O)c(Cc4ccc(F)cc4)nn3c2=O)c1. The molecule has 0 spiro atoms. The highest BCUT2D eigenvalue weighted by atomic mass is 32.1. The number of rotatable bonds is 4. The van der Waals surface area contributed by atoms with E-state index in [4.69, 9.17) is 4.74 Å². The van der Waals surface area contributed by atoms with Crippen molar-refractivity contribution < 1.29 is 13.9 Å². The van der Waals surface area contributed by atoms with Crippen molar-refractivity contribution in [3.63, 3.8) is 0 Å². The van der Waals surface area contributed by atoms with Gasteiger partial charge in [0.2, 0.25) is 4.96 Å². The van der Waals surface area contributed by atoms with Crippen LogP contribution in [0.15, 0.2) is 58.1 Å². The molecule has 0 saturated heterocycles. The van der Waals surface area contributed by atoms with Crippen LogP contribution in [-0.2, 0) is 11.2 Å². The first-order valence-electron chi connectivity index (χ1n) is 8.86. The minimum Gasteiger partial charge on any atom is -0.427 e. The monoisotopic (exact) mass is 423 g/mol. The van der Waals surface area contributed by atoms with Crippen molar-refractivity contribution in [2.75, 3.05) is 0 Å². The van der Waals surface area contributed by atoms with Crippen molar-refractivity contribution >= 4 is 28.3 Å². The molecule has 0 bridgehead atoms. The largest absolute Gasteiger partial charge is 0.427 e. The molecule has 150 valence electrons. The summed E-state index contributed by atoms with van der Waals surface area (Å²) >= 11 is 1.03. The van der Waals surface area contributed by atoms with Gasteiger partial charge >= 0.3 is 5.97 Å². The number of hydrogen-bond acceptors (Lipinski definition) is 7. The molecule has 2 aromatic heterocycles. The molecular formula is C21H14FN3O4S. The fourth-order valence-electron chi connectivity index (χ4n) is 2.83. The quantitative estimate of drug-likeness (QED) is 0.367. The summed E-state index contributed by atoms with van der Waals surface area (Å²) in [5.41, 5.74) is 0.466. The summed E-state index contributed by atoms with van der Waals surface area (Å²) in [7, 11) is 0. The molecule has 7 nitrogen and oxygen atoms in total. The lowest BCUT2D eigenvalue weighted by atomic mass is 10.1. The molecule has 0 amide bonds. The van der Waals surface area contributed by atoms with Gasteiger partial charge in [-0.25, -0.2) is 4.39 Å². The molecule has 4 aromatic rings. The molecule has 9 heteroatoms. The molecule has 0 saturated carbocycles. The number of halogens is 1. The number of fused-ring (bicyclic) bond motifs is 1. The maximum absolute atomic E-state index is 13.1. The van der Waals surface area contributed by atoms with E-state index in [-0.39, 0.29) is 22.9 Å². The molecule has 0 radical (unpaired) electrons. The van der Waals surface area contributed by atoms with Crippen molar-refractivity contribution in [2.24, 2.45) is 0 Å². The van der Waals surface area contributed by atoms with Crippen molar-refractivity contribution in [1.82, 2.24) is 14.6 Å². The second-order valence-corrected chi connectivity index (χ2v) is 7.45. The molecule has 0 atom stereocenters. The molecule has 0 aliphatic rings. The van der Waals surface area contributed by atoms with Crippen molar-refractivity contribution in [3.05, 3.63) is 96.4 Å². The summed E-state index contributed by atoms with van der Waals surface area (Å²) in [4.78, 5) is 40.3. The zero-order chi connectivity index (χ0) is 21.3. The molecule has 0 aliphatic carbocycles. The second kappa shape index (κ2) is 7.96. The highest BCUT2D eigenvalue weighted by Crippen LogP contribution is 2.14. The van der Waals surface area contributed by atoms with Gasteiger partial charge in [0.1, 0.15) is 17.3 Å². The minimum atomic E-state index is -0.538. The van der Waals surface area contributed by atoms with Crippen LogP contribution in [0, 0.1) is 5.82 Å². The maximum atomic E-state index is 13.1. The lowest BCUT2D eigenvalue weighted by Crippen LogP contribution is -2.28. The van der Waals surface area contributed by atoms with Gasteiger partial charge in [-0.05, 0) is 41.5 Å². The van der Waals surface area contributed by atoms with Gasteiger partial charge in [0.15, 0.2) is 0 Å². The van der Waals surface area contributed by atoms with E-state index in [9.17, 15) is 18.8 Å². The normalized spacial score (nSPS) is 11.7. The molecule has 30 heavy (non-hydrogen) atoms. The Morgan fingerprint density at radius 1 is 1.20 bits per heavy atom. The summed E-state index contributed by atoms with van der Waals surface area (Å²) in [5, 5.41) is 4.17. The smallest absolute Gasteiger partial charge is 0.308 e. The first-order valence-corrected chi connectivity index (χ1v) is 9.68. The van der Waals surface area contributed by atoms with Gasteiger partial charge < -0.3 is 4.74 Å². The Morgan fingerprint density at radius 2 is 1.97 bits per heavy atom. The van der Waals surface area contributed by atoms with Gasteiger partial charge in [0.25, 0.3) is 11.1 Å². The van der Waals surface area contributed by atoms with Crippen LogP contribution in [0.1, 0.15) is 23.7 Å². The van der Waals surface area contributed by atoms with Crippen LogP contribution in [0.5, 0.6) is 5.75 Å². The molecule has 0 unspecified atom stereocenters. The van der Waals surface area contributed by atoms with Crippen molar-refractivity contribution in [3.8, 4) is 5.75 Å². The van der Waals surface area contributed by atoms with E-state index in [0.717, 1.165) is 15.9 Å². The van der Waals surface area contributed by atoms with Crippen LogP contribution < -0.4 is 20.4 Å². The molecular weight excluding hydrogens is 409 g/mol. The van der Waals surface area contributed by atoms with Gasteiger partial charge in [-0.2, -0.15) is 14.6 Å². The molecule has 0 aliphatic heterocycles. The Hall–Kier alpha value is -3.72. The summed E-state index contributed by atoms with van der Waals surface area (Å²) in [6, 6.07) is 12.4. The van der Waals surface area contributed by atoms with Crippen LogP contribution in [-0.4, -0.2) is 20.6 Å². The number of nitrogens with zero attached hydrogens (tertiary/aromatic N) is 3. The molecule has 2 aromatic carbocycles. The zero-order valence-corrected chi connectivity index (χ0v) is 16.5. The molecule has 0 N–H and O–H groups in total. The van der Waals surface area contributed by atoms with Crippen LogP contribution >= 0.6 is 11.3 Å². The molecule has 2 heterocycles. The third kappa shape index (κ3) is 4.15. The Balaban J connectivity index is 1.75. The third-order valence-corrected chi connectivity index (χ3v) is 5.11. The number of aromatic nitrogens is 3. The summed E-state index contributed by atoms with van der Waals surface area (Å²) in [6.07, 6.45) is 1.74. The summed E-state index contributed by atoms with van der Waals surface area (Å²) in [5.74, 6) is -0.467. The molecule has 0 fully saturated rings. The van der Waals surface area contributed by atoms with Crippen LogP contribution in [0.3, 0.4) is 0 Å². The average molecular weight is 423 g/mol. The number of benzene rings is 2. The summed E-state index contributed by atoms with van der Waals surface area (Å²) < 4.78 is 19.5. The number of hydrogen-bond donors (Lipinski definition) is 0. The van der Waals surface area contributed by atoms with E-state index in [1.54, 1.807) is 42.5 Å². The predicted molar refractivity (Wildman–Crippen MR) is 109 cm³/mol. The van der Waals surface area contributed by atoms with Crippen LogP contribution in [0.25, 0.3) is 11.0 Å². The Kier molecular flexibility index (Phi) is 5.20. The summed E-state index contributed by atoms with van der Waals surface area (Å²) in [6.45, 7) is 1.30. The standard InChI is InChI=1S/C21H14FN3O4S/c1-12(26)29-16-4-2-3-14(9-16)11-18-20(28)25-21(30-18)23-19(27)17(24-25)10-13-5-7-15(22)8-6-13/h2-9,11H,10H2,1H3. The topological polar surface area (TPSA) is 90.6 Å². The zero-order valence-electron chi connectivity index (χ0n) is 15.7.